The molecule has 7 heteroatoms. The van der Waals surface area contributed by atoms with E-state index in [9.17, 15) is 4.79 Å². The molecule has 2 aromatic rings. The molecule has 0 saturated heterocycles. The third kappa shape index (κ3) is 5.14. The van der Waals surface area contributed by atoms with Crippen LogP contribution in [-0.2, 0) is 19.6 Å². The minimum absolute atomic E-state index is 0. The first-order valence-electron chi connectivity index (χ1n) is 8.65. The molecule has 0 bridgehead atoms. The monoisotopic (exact) mass is 410 g/mol. The molecule has 2 heterocycles. The zero-order valence-electron chi connectivity index (χ0n) is 14.9. The molecule has 5 nitrogen and oxygen atoms in total. The summed E-state index contributed by atoms with van der Waals surface area (Å²) in [7, 11) is 0. The Morgan fingerprint density at radius 3 is 2.44 bits per heavy atom. The second-order valence-electron chi connectivity index (χ2n) is 6.84. The van der Waals surface area contributed by atoms with Crippen LogP contribution in [0.2, 0.25) is 0 Å². The van der Waals surface area contributed by atoms with Crippen LogP contribution in [0.25, 0.3) is 0 Å². The maximum Gasteiger partial charge on any atom is 0.227 e. The van der Waals surface area contributed by atoms with Crippen molar-refractivity contribution in [3.8, 4) is 5.75 Å². The van der Waals surface area contributed by atoms with Gasteiger partial charge in [-0.2, -0.15) is 0 Å². The van der Waals surface area contributed by atoms with Crippen molar-refractivity contribution >= 4 is 24.8 Å². The predicted octanol–water partition coefficient (Wildman–Crippen LogP) is 3.28. The van der Waals surface area contributed by atoms with Crippen molar-refractivity contribution in [1.29, 1.82) is 0 Å². The van der Waals surface area contributed by atoms with Gasteiger partial charge in [-0.3, -0.25) is 9.69 Å². The van der Waals surface area contributed by atoms with E-state index in [2.05, 4.69) is 29.2 Å². The Labute approximate surface area is 171 Å². The Kier molecular flexibility index (Phi) is 7.50. The van der Waals surface area contributed by atoms with Crippen molar-refractivity contribution in [2.24, 2.45) is 11.7 Å². The van der Waals surface area contributed by atoms with Crippen LogP contribution in [0, 0.1) is 5.92 Å². The van der Waals surface area contributed by atoms with Crippen molar-refractivity contribution in [1.82, 2.24) is 4.90 Å². The third-order valence-corrected chi connectivity index (χ3v) is 4.80. The van der Waals surface area contributed by atoms with Gasteiger partial charge in [-0.1, -0.05) is 36.4 Å². The zero-order chi connectivity index (χ0) is 17.2. The summed E-state index contributed by atoms with van der Waals surface area (Å²) in [6, 6.07) is 10.0. The standard InChI is InChI=1S/C20H22N2O3.2ClH/c21-17-6-5-14(7-17)12-25-20-13-24-18(8-19(20)23)11-22-9-15-3-1-2-4-16(15)10-22;;/h1-6,8,13-14,17H,7,9-12,21H2;2*1H/t14?,17-;;/m1../s1. The molecule has 0 amide bonds. The first kappa shape index (κ1) is 21.5. The Hall–Kier alpha value is -1.79. The van der Waals surface area contributed by atoms with Gasteiger partial charge in [-0.15, -0.1) is 24.8 Å². The molecule has 27 heavy (non-hydrogen) atoms. The Morgan fingerprint density at radius 1 is 1.15 bits per heavy atom. The van der Waals surface area contributed by atoms with Crippen LogP contribution in [0.15, 0.2) is 58.0 Å². The highest BCUT2D eigenvalue weighted by Gasteiger charge is 2.20. The second kappa shape index (κ2) is 9.42. The lowest BCUT2D eigenvalue weighted by Gasteiger charge is -2.14. The van der Waals surface area contributed by atoms with Gasteiger partial charge >= 0.3 is 0 Å². The number of rotatable bonds is 5. The van der Waals surface area contributed by atoms with Gasteiger partial charge in [-0.05, 0) is 17.5 Å². The summed E-state index contributed by atoms with van der Waals surface area (Å²) < 4.78 is 11.2. The lowest BCUT2D eigenvalue weighted by Crippen LogP contribution is -2.20. The van der Waals surface area contributed by atoms with Gasteiger partial charge in [0.1, 0.15) is 12.0 Å². The number of hydrogen-bond acceptors (Lipinski definition) is 5. The Bertz CT molecular complexity index is 828. The van der Waals surface area contributed by atoms with Crippen molar-refractivity contribution in [2.75, 3.05) is 6.61 Å². The van der Waals surface area contributed by atoms with E-state index in [0.717, 1.165) is 19.5 Å². The van der Waals surface area contributed by atoms with Gasteiger partial charge in [0.15, 0.2) is 0 Å². The lowest BCUT2D eigenvalue weighted by atomic mass is 10.1. The molecule has 1 aliphatic carbocycles. The first-order chi connectivity index (χ1) is 12.2. The molecule has 2 aliphatic rings. The predicted molar refractivity (Wildman–Crippen MR) is 110 cm³/mol. The highest BCUT2D eigenvalue weighted by molar-refractivity contribution is 5.85. The lowest BCUT2D eigenvalue weighted by molar-refractivity contribution is 0.236. The number of hydrogen-bond donors (Lipinski definition) is 1. The van der Waals surface area contributed by atoms with Gasteiger partial charge in [0.05, 0.1) is 13.2 Å². The van der Waals surface area contributed by atoms with Crippen LogP contribution in [-0.4, -0.2) is 17.5 Å². The van der Waals surface area contributed by atoms with Gasteiger partial charge in [0.2, 0.25) is 11.2 Å². The molecular formula is C20H24Cl2N2O3. The molecule has 1 aromatic carbocycles. The maximum atomic E-state index is 12.3. The minimum Gasteiger partial charge on any atom is -0.486 e. The minimum atomic E-state index is -0.135. The molecule has 0 saturated carbocycles. The fourth-order valence-electron chi connectivity index (χ4n) is 3.49. The SMILES string of the molecule is Cl.Cl.N[C@@H]1C=CC(COc2coc(CN3Cc4ccccc4C3)cc2=O)C1. The van der Waals surface area contributed by atoms with Gasteiger partial charge < -0.3 is 14.9 Å². The van der Waals surface area contributed by atoms with E-state index in [1.807, 2.05) is 12.2 Å². The van der Waals surface area contributed by atoms with Crippen LogP contribution in [0.4, 0.5) is 0 Å². The van der Waals surface area contributed by atoms with Crippen LogP contribution in [0.3, 0.4) is 0 Å². The molecule has 4 rings (SSSR count). The summed E-state index contributed by atoms with van der Waals surface area (Å²) in [6.45, 7) is 2.83. The van der Waals surface area contributed by atoms with E-state index in [4.69, 9.17) is 14.9 Å². The van der Waals surface area contributed by atoms with Crippen LogP contribution in [0.1, 0.15) is 23.3 Å². The molecule has 0 radical (unpaired) electrons. The van der Waals surface area contributed by atoms with E-state index >= 15 is 0 Å². The zero-order valence-corrected chi connectivity index (χ0v) is 16.5. The summed E-state index contributed by atoms with van der Waals surface area (Å²) in [5.41, 5.74) is 8.37. The quantitative estimate of drug-likeness (QED) is 0.765. The van der Waals surface area contributed by atoms with E-state index in [-0.39, 0.29) is 48.0 Å². The van der Waals surface area contributed by atoms with Crippen LogP contribution in [0.5, 0.6) is 5.75 Å². The third-order valence-electron chi connectivity index (χ3n) is 4.80. The summed E-state index contributed by atoms with van der Waals surface area (Å²) >= 11 is 0. The number of halogens is 2. The molecular weight excluding hydrogens is 387 g/mol. The van der Waals surface area contributed by atoms with Gasteiger partial charge in [0, 0.05) is 31.1 Å². The highest BCUT2D eigenvalue weighted by atomic mass is 35.5. The van der Waals surface area contributed by atoms with E-state index in [0.29, 0.717) is 18.9 Å². The fraction of sp³-hybridized carbons (Fsp3) is 0.350. The van der Waals surface area contributed by atoms with Crippen molar-refractivity contribution in [2.45, 2.75) is 32.1 Å². The summed E-state index contributed by atoms with van der Waals surface area (Å²) in [6.07, 6.45) is 6.32. The Morgan fingerprint density at radius 2 is 1.85 bits per heavy atom. The van der Waals surface area contributed by atoms with Crippen LogP contribution < -0.4 is 15.9 Å². The first-order valence-corrected chi connectivity index (χ1v) is 8.65. The van der Waals surface area contributed by atoms with Gasteiger partial charge in [-0.25, -0.2) is 0 Å². The van der Waals surface area contributed by atoms with Gasteiger partial charge in [0.25, 0.3) is 0 Å². The van der Waals surface area contributed by atoms with Crippen LogP contribution >= 0.6 is 24.8 Å². The average molecular weight is 411 g/mol. The number of nitrogens with zero attached hydrogens (tertiary/aromatic N) is 1. The number of fused-ring (bicyclic) bond motifs is 1. The maximum absolute atomic E-state index is 12.3. The molecule has 2 N–H and O–H groups in total. The molecule has 0 fully saturated rings. The molecule has 0 spiro atoms. The second-order valence-corrected chi connectivity index (χ2v) is 6.84. The number of ether oxygens (including phenoxy) is 1. The van der Waals surface area contributed by atoms with E-state index < -0.39 is 0 Å². The molecule has 1 aliphatic heterocycles. The van der Waals surface area contributed by atoms with Crippen molar-refractivity contribution in [3.63, 3.8) is 0 Å². The molecule has 1 unspecified atom stereocenters. The molecule has 1 aromatic heterocycles. The highest BCUT2D eigenvalue weighted by Crippen LogP contribution is 2.24. The summed E-state index contributed by atoms with van der Waals surface area (Å²) in [5.74, 6) is 1.19. The number of nitrogens with two attached hydrogens (primary N) is 1. The largest absolute Gasteiger partial charge is 0.486 e. The molecule has 2 atom stereocenters. The molecule has 146 valence electrons. The summed E-state index contributed by atoms with van der Waals surface area (Å²) in [4.78, 5) is 14.5. The van der Waals surface area contributed by atoms with Crippen molar-refractivity contribution < 1.29 is 9.15 Å². The van der Waals surface area contributed by atoms with E-state index in [1.54, 1.807) is 0 Å². The van der Waals surface area contributed by atoms with Crippen molar-refractivity contribution in [3.05, 3.63) is 75.9 Å². The smallest absolute Gasteiger partial charge is 0.227 e. The average Bonchev–Trinajstić information content (AvgIpc) is 3.19. The topological polar surface area (TPSA) is 68.7 Å². The number of benzene rings is 1. The normalized spacial score (nSPS) is 20.6. The fourth-order valence-corrected chi connectivity index (χ4v) is 3.49. The summed E-state index contributed by atoms with van der Waals surface area (Å²) in [5, 5.41) is 0. The Balaban J connectivity index is 0.00000131. The van der Waals surface area contributed by atoms with E-state index in [1.165, 1.54) is 23.5 Å².